The average Bonchev–Trinajstić information content (AvgIpc) is 2.46. The Morgan fingerprint density at radius 1 is 1.63 bits per heavy atom. The van der Waals surface area contributed by atoms with Gasteiger partial charge >= 0.3 is 6.03 Å². The normalized spacial score (nSPS) is 15.5. The number of hydrogen-bond acceptors (Lipinski definition) is 5. The third-order valence-corrected chi connectivity index (χ3v) is 2.38. The van der Waals surface area contributed by atoms with Crippen LogP contribution in [-0.2, 0) is 4.74 Å². The number of aromatic nitrogens is 1. The maximum atomic E-state index is 11.6. The van der Waals surface area contributed by atoms with Crippen molar-refractivity contribution >= 4 is 18.0 Å². The topological polar surface area (TPSA) is 79.2 Å². The Hall–Kier alpha value is -2.28. The molecule has 7 nitrogen and oxygen atoms in total. The molecule has 0 spiro atoms. The van der Waals surface area contributed by atoms with Crippen LogP contribution < -0.4 is 5.43 Å². The Morgan fingerprint density at radius 3 is 3.26 bits per heavy atom. The number of hydrogen-bond donors (Lipinski definition) is 1. The van der Waals surface area contributed by atoms with Crippen LogP contribution in [0.1, 0.15) is 12.5 Å². The number of carbonyl (C=O) groups excluding carboxylic acids is 1. The van der Waals surface area contributed by atoms with E-state index in [0.29, 0.717) is 19.8 Å². The van der Waals surface area contributed by atoms with Crippen LogP contribution in [-0.4, -0.2) is 47.7 Å². The first-order valence-corrected chi connectivity index (χ1v) is 5.94. The highest BCUT2D eigenvalue weighted by atomic mass is 16.5. The van der Waals surface area contributed by atoms with Gasteiger partial charge in [-0.3, -0.25) is 4.98 Å². The number of ether oxygens (including phenoxy) is 1. The summed E-state index contributed by atoms with van der Waals surface area (Å²) in [6, 6.07) is 3.30. The maximum absolute atomic E-state index is 11.6. The first-order valence-electron chi connectivity index (χ1n) is 5.94. The SMILES string of the molecule is CCOCC1=NNC(=O)N(/N=C/c2cccnc2)C1. The van der Waals surface area contributed by atoms with Crippen molar-refractivity contribution < 1.29 is 9.53 Å². The number of nitrogens with one attached hydrogen (secondary N) is 1. The molecule has 0 bridgehead atoms. The van der Waals surface area contributed by atoms with Gasteiger partial charge in [0.15, 0.2) is 0 Å². The van der Waals surface area contributed by atoms with E-state index >= 15 is 0 Å². The van der Waals surface area contributed by atoms with Crippen LogP contribution in [0.4, 0.5) is 4.79 Å². The van der Waals surface area contributed by atoms with E-state index in [1.54, 1.807) is 24.7 Å². The van der Waals surface area contributed by atoms with Crippen LogP contribution in [0, 0.1) is 0 Å². The van der Waals surface area contributed by atoms with Crippen molar-refractivity contribution in [2.24, 2.45) is 10.2 Å². The zero-order valence-corrected chi connectivity index (χ0v) is 10.6. The predicted molar refractivity (Wildman–Crippen MR) is 71.0 cm³/mol. The lowest BCUT2D eigenvalue weighted by Gasteiger charge is -2.21. The van der Waals surface area contributed by atoms with E-state index < -0.39 is 0 Å². The monoisotopic (exact) mass is 261 g/mol. The molecule has 0 aromatic carbocycles. The lowest BCUT2D eigenvalue weighted by atomic mass is 10.3. The minimum atomic E-state index is -0.361. The molecule has 1 aliphatic rings. The number of hydrazone groups is 2. The number of amides is 2. The highest BCUT2D eigenvalue weighted by molar-refractivity contribution is 5.94. The van der Waals surface area contributed by atoms with Crippen LogP contribution in [0.15, 0.2) is 34.7 Å². The smallest absolute Gasteiger partial charge is 0.358 e. The number of rotatable bonds is 5. The molecule has 7 heteroatoms. The minimum absolute atomic E-state index is 0.322. The molecular formula is C12H15N5O2. The Kier molecular flexibility index (Phi) is 4.57. The fraction of sp³-hybridized carbons (Fsp3) is 0.333. The summed E-state index contributed by atoms with van der Waals surface area (Å²) in [6.07, 6.45) is 4.93. The number of carbonyl (C=O) groups is 1. The van der Waals surface area contributed by atoms with Crippen LogP contribution in [0.2, 0.25) is 0 Å². The molecule has 0 radical (unpaired) electrons. The molecule has 1 N–H and O–H groups in total. The van der Waals surface area contributed by atoms with Gasteiger partial charge in [-0.25, -0.2) is 15.2 Å². The third-order valence-electron chi connectivity index (χ3n) is 2.38. The van der Waals surface area contributed by atoms with Crippen LogP contribution in [0.5, 0.6) is 0 Å². The molecule has 1 aliphatic heterocycles. The van der Waals surface area contributed by atoms with Gasteiger partial charge in [0.05, 0.1) is 25.1 Å². The van der Waals surface area contributed by atoms with Crippen LogP contribution in [0.25, 0.3) is 0 Å². The quantitative estimate of drug-likeness (QED) is 0.797. The van der Waals surface area contributed by atoms with Gasteiger partial charge in [0.25, 0.3) is 0 Å². The van der Waals surface area contributed by atoms with Crippen LogP contribution in [0.3, 0.4) is 0 Å². The van der Waals surface area contributed by atoms with E-state index in [1.807, 2.05) is 13.0 Å². The van der Waals surface area contributed by atoms with E-state index in [-0.39, 0.29) is 6.03 Å². The van der Waals surface area contributed by atoms with Gasteiger partial charge in [0.1, 0.15) is 0 Å². The average molecular weight is 261 g/mol. The molecule has 1 aromatic rings. The molecule has 2 rings (SSSR count). The molecular weight excluding hydrogens is 246 g/mol. The summed E-state index contributed by atoms with van der Waals surface area (Å²) in [7, 11) is 0. The zero-order valence-electron chi connectivity index (χ0n) is 10.6. The minimum Gasteiger partial charge on any atom is -0.376 e. The number of nitrogens with zero attached hydrogens (tertiary/aromatic N) is 4. The van der Waals surface area contributed by atoms with E-state index in [4.69, 9.17) is 4.74 Å². The second-order valence-electron chi connectivity index (χ2n) is 3.82. The molecule has 19 heavy (non-hydrogen) atoms. The fourth-order valence-corrected chi connectivity index (χ4v) is 1.44. The molecule has 0 fully saturated rings. The van der Waals surface area contributed by atoms with Crippen molar-refractivity contribution in [3.8, 4) is 0 Å². The Labute approximate surface area is 111 Å². The number of pyridine rings is 1. The molecule has 1 aromatic heterocycles. The second kappa shape index (κ2) is 6.60. The summed E-state index contributed by atoms with van der Waals surface area (Å²) < 4.78 is 5.25. The van der Waals surface area contributed by atoms with Crippen molar-refractivity contribution in [3.63, 3.8) is 0 Å². The van der Waals surface area contributed by atoms with Gasteiger partial charge in [-0.2, -0.15) is 10.2 Å². The highest BCUT2D eigenvalue weighted by Crippen LogP contribution is 2.00. The van der Waals surface area contributed by atoms with Crippen molar-refractivity contribution in [1.82, 2.24) is 15.4 Å². The molecule has 100 valence electrons. The largest absolute Gasteiger partial charge is 0.376 e. The maximum Gasteiger partial charge on any atom is 0.358 e. The second-order valence-corrected chi connectivity index (χ2v) is 3.82. The van der Waals surface area contributed by atoms with E-state index in [1.165, 1.54) is 5.01 Å². The first kappa shape index (κ1) is 13.2. The van der Waals surface area contributed by atoms with Crippen molar-refractivity contribution in [2.75, 3.05) is 19.8 Å². The summed E-state index contributed by atoms with van der Waals surface area (Å²) in [4.78, 5) is 15.5. The Bertz CT molecular complexity index is 486. The lowest BCUT2D eigenvalue weighted by Crippen LogP contribution is -2.44. The molecule has 2 amide bonds. The van der Waals surface area contributed by atoms with Crippen molar-refractivity contribution in [3.05, 3.63) is 30.1 Å². The van der Waals surface area contributed by atoms with Gasteiger partial charge < -0.3 is 4.74 Å². The lowest BCUT2D eigenvalue weighted by molar-refractivity contribution is 0.178. The summed E-state index contributed by atoms with van der Waals surface area (Å²) in [6.45, 7) is 3.21. The zero-order chi connectivity index (χ0) is 13.5. The van der Waals surface area contributed by atoms with Crippen molar-refractivity contribution in [1.29, 1.82) is 0 Å². The van der Waals surface area contributed by atoms with E-state index in [9.17, 15) is 4.79 Å². The molecule has 0 saturated carbocycles. The molecule has 0 aliphatic carbocycles. The Morgan fingerprint density at radius 2 is 2.53 bits per heavy atom. The summed E-state index contributed by atoms with van der Waals surface area (Å²) in [5, 5.41) is 9.33. The highest BCUT2D eigenvalue weighted by Gasteiger charge is 2.19. The molecule has 0 atom stereocenters. The van der Waals surface area contributed by atoms with Crippen LogP contribution >= 0.6 is 0 Å². The third kappa shape index (κ3) is 3.85. The van der Waals surface area contributed by atoms with E-state index in [2.05, 4.69) is 20.6 Å². The molecule has 0 saturated heterocycles. The predicted octanol–water partition coefficient (Wildman–Crippen LogP) is 0.833. The van der Waals surface area contributed by atoms with Gasteiger partial charge in [-0.1, -0.05) is 6.07 Å². The molecule has 0 unspecified atom stereocenters. The van der Waals surface area contributed by atoms with E-state index in [0.717, 1.165) is 11.3 Å². The fourth-order valence-electron chi connectivity index (χ4n) is 1.44. The standard InChI is InChI=1S/C12H15N5O2/c1-2-19-9-11-8-17(12(18)16-15-11)14-7-10-4-3-5-13-6-10/h3-7H,2,8-9H2,1H3,(H,16,18)/b14-7+. The first-order chi connectivity index (χ1) is 9.29. The van der Waals surface area contributed by atoms with Gasteiger partial charge in [0, 0.05) is 24.6 Å². The summed E-state index contributed by atoms with van der Waals surface area (Å²) >= 11 is 0. The summed E-state index contributed by atoms with van der Waals surface area (Å²) in [5.41, 5.74) is 3.94. The van der Waals surface area contributed by atoms with Gasteiger partial charge in [-0.15, -0.1) is 0 Å². The number of urea groups is 1. The molecule has 2 heterocycles. The Balaban J connectivity index is 1.98. The summed E-state index contributed by atoms with van der Waals surface area (Å²) in [5.74, 6) is 0. The van der Waals surface area contributed by atoms with Gasteiger partial charge in [0.2, 0.25) is 0 Å². The van der Waals surface area contributed by atoms with Gasteiger partial charge in [-0.05, 0) is 13.0 Å². The van der Waals surface area contributed by atoms with Crippen molar-refractivity contribution in [2.45, 2.75) is 6.92 Å².